The van der Waals surface area contributed by atoms with Gasteiger partial charge < -0.3 is 14.8 Å². The van der Waals surface area contributed by atoms with Gasteiger partial charge in [0, 0.05) is 24.4 Å². The van der Waals surface area contributed by atoms with Crippen LogP contribution in [0.15, 0.2) is 40.9 Å². The third kappa shape index (κ3) is 5.42. The number of rotatable bonds is 6. The number of nitrogens with one attached hydrogen (secondary N) is 1. The summed E-state index contributed by atoms with van der Waals surface area (Å²) in [5.41, 5.74) is 0.944. The molecule has 2 aromatic rings. The second kappa shape index (κ2) is 9.35. The highest BCUT2D eigenvalue weighted by molar-refractivity contribution is 5.78. The number of oxazole rings is 1. The fraction of sp³-hybridized carbons (Fsp3) is 0.476. The molecule has 6 heteroatoms. The van der Waals surface area contributed by atoms with Gasteiger partial charge in [0.15, 0.2) is 11.7 Å². The van der Waals surface area contributed by atoms with Gasteiger partial charge in [0.1, 0.15) is 0 Å². The summed E-state index contributed by atoms with van der Waals surface area (Å²) in [7, 11) is 0. The summed E-state index contributed by atoms with van der Waals surface area (Å²) in [6.45, 7) is 0. The van der Waals surface area contributed by atoms with E-state index in [1.165, 1.54) is 0 Å². The first-order chi connectivity index (χ1) is 13.1. The van der Waals surface area contributed by atoms with E-state index in [0.29, 0.717) is 24.5 Å². The Kier molecular flexibility index (Phi) is 6.63. The normalized spacial score (nSPS) is 20.4. The highest BCUT2D eigenvalue weighted by atomic mass is 16.4. The number of carbonyl (C=O) groups excluding carboxylic acids is 1. The van der Waals surface area contributed by atoms with Gasteiger partial charge in [-0.25, -0.2) is 4.98 Å². The molecule has 0 radical (unpaired) electrons. The van der Waals surface area contributed by atoms with Gasteiger partial charge >= 0.3 is 5.97 Å². The highest BCUT2D eigenvalue weighted by Gasteiger charge is 2.29. The molecule has 1 saturated carbocycles. The molecular weight excluding hydrogens is 344 g/mol. The van der Waals surface area contributed by atoms with Gasteiger partial charge in [-0.15, -0.1) is 0 Å². The summed E-state index contributed by atoms with van der Waals surface area (Å²) in [5.74, 6) is -0.275. The molecule has 3 rings (SSSR count). The molecule has 0 saturated heterocycles. The van der Waals surface area contributed by atoms with E-state index in [9.17, 15) is 14.7 Å². The summed E-state index contributed by atoms with van der Waals surface area (Å²) >= 11 is 0. The molecule has 6 nitrogen and oxygen atoms in total. The molecule has 1 aromatic carbocycles. The number of aryl methyl sites for hydroxylation is 1. The molecule has 0 bridgehead atoms. The van der Waals surface area contributed by atoms with E-state index < -0.39 is 11.9 Å². The van der Waals surface area contributed by atoms with Gasteiger partial charge in [-0.05, 0) is 12.8 Å². The Labute approximate surface area is 159 Å². The van der Waals surface area contributed by atoms with Crippen LogP contribution in [-0.2, 0) is 16.0 Å². The molecule has 1 aliphatic rings. The number of nitrogens with zero attached hydrogens (tertiary/aromatic N) is 1. The number of carbonyl (C=O) groups is 2. The summed E-state index contributed by atoms with van der Waals surface area (Å²) in [6.07, 6.45) is 7.66. The summed E-state index contributed by atoms with van der Waals surface area (Å²) in [4.78, 5) is 28.1. The number of hydrogen-bond donors (Lipinski definition) is 2. The van der Waals surface area contributed by atoms with Crippen LogP contribution in [0.2, 0.25) is 0 Å². The zero-order valence-corrected chi connectivity index (χ0v) is 15.4. The Morgan fingerprint density at radius 3 is 2.59 bits per heavy atom. The topological polar surface area (TPSA) is 92.4 Å². The fourth-order valence-corrected chi connectivity index (χ4v) is 3.61. The lowest BCUT2D eigenvalue weighted by Crippen LogP contribution is -2.44. The molecule has 0 spiro atoms. The van der Waals surface area contributed by atoms with E-state index in [2.05, 4.69) is 10.3 Å². The van der Waals surface area contributed by atoms with Crippen LogP contribution in [0.5, 0.6) is 0 Å². The summed E-state index contributed by atoms with van der Waals surface area (Å²) in [6, 6.07) is 9.39. The molecule has 2 unspecified atom stereocenters. The second-order valence-electron chi connectivity index (χ2n) is 7.09. The fourth-order valence-electron chi connectivity index (χ4n) is 3.61. The van der Waals surface area contributed by atoms with E-state index in [0.717, 1.165) is 37.7 Å². The number of benzene rings is 1. The van der Waals surface area contributed by atoms with Crippen molar-refractivity contribution in [1.82, 2.24) is 10.3 Å². The molecule has 1 aromatic heterocycles. The zero-order chi connectivity index (χ0) is 19.1. The molecule has 0 aliphatic heterocycles. The first-order valence-electron chi connectivity index (χ1n) is 9.66. The number of aromatic nitrogens is 1. The van der Waals surface area contributed by atoms with Crippen LogP contribution in [0.4, 0.5) is 0 Å². The van der Waals surface area contributed by atoms with E-state index >= 15 is 0 Å². The molecule has 1 amide bonds. The van der Waals surface area contributed by atoms with Crippen LogP contribution >= 0.6 is 0 Å². The van der Waals surface area contributed by atoms with Crippen LogP contribution in [0, 0.1) is 5.92 Å². The van der Waals surface area contributed by atoms with Gasteiger partial charge in [-0.1, -0.05) is 56.0 Å². The second-order valence-corrected chi connectivity index (χ2v) is 7.09. The van der Waals surface area contributed by atoms with Gasteiger partial charge in [0.25, 0.3) is 0 Å². The Bertz CT molecular complexity index is 757. The smallest absolute Gasteiger partial charge is 0.308 e. The lowest BCUT2D eigenvalue weighted by atomic mass is 9.86. The minimum Gasteiger partial charge on any atom is -0.481 e. The highest BCUT2D eigenvalue weighted by Crippen LogP contribution is 2.24. The minimum atomic E-state index is -0.817. The third-order valence-corrected chi connectivity index (χ3v) is 5.11. The predicted octanol–water partition coefficient (Wildman–Crippen LogP) is 3.81. The van der Waals surface area contributed by atoms with Crippen molar-refractivity contribution in [3.63, 3.8) is 0 Å². The average Bonchev–Trinajstić information content (AvgIpc) is 3.12. The molecule has 1 aliphatic carbocycles. The number of aliphatic carboxylic acids is 1. The molecule has 1 heterocycles. The lowest BCUT2D eigenvalue weighted by Gasteiger charge is -2.27. The molecule has 27 heavy (non-hydrogen) atoms. The molecule has 1 fully saturated rings. The number of amides is 1. The van der Waals surface area contributed by atoms with Crippen molar-refractivity contribution in [2.24, 2.45) is 5.92 Å². The van der Waals surface area contributed by atoms with Crippen molar-refractivity contribution in [1.29, 1.82) is 0 Å². The zero-order valence-electron chi connectivity index (χ0n) is 15.4. The summed E-state index contributed by atoms with van der Waals surface area (Å²) in [5, 5.41) is 12.4. The Hall–Kier alpha value is -2.63. The van der Waals surface area contributed by atoms with Crippen molar-refractivity contribution < 1.29 is 19.1 Å². The van der Waals surface area contributed by atoms with Gasteiger partial charge in [0.2, 0.25) is 5.91 Å². The van der Waals surface area contributed by atoms with Crippen molar-refractivity contribution in [3.8, 4) is 11.3 Å². The molecular formula is C21H26N2O4. The van der Waals surface area contributed by atoms with Crippen molar-refractivity contribution in [3.05, 3.63) is 42.4 Å². The van der Waals surface area contributed by atoms with Crippen LogP contribution in [-0.4, -0.2) is 28.0 Å². The van der Waals surface area contributed by atoms with Gasteiger partial charge in [0.05, 0.1) is 12.1 Å². The molecule has 144 valence electrons. The lowest BCUT2D eigenvalue weighted by molar-refractivity contribution is -0.143. The van der Waals surface area contributed by atoms with Gasteiger partial charge in [-0.3, -0.25) is 9.59 Å². The largest absolute Gasteiger partial charge is 0.481 e. The van der Waals surface area contributed by atoms with Crippen molar-refractivity contribution >= 4 is 11.9 Å². The van der Waals surface area contributed by atoms with Crippen LogP contribution < -0.4 is 5.32 Å². The number of carboxylic acids is 1. The van der Waals surface area contributed by atoms with E-state index in [4.69, 9.17) is 4.42 Å². The molecule has 2 N–H and O–H groups in total. The van der Waals surface area contributed by atoms with E-state index in [1.54, 1.807) is 6.20 Å². The Morgan fingerprint density at radius 1 is 1.11 bits per heavy atom. The minimum absolute atomic E-state index is 0.147. The SMILES string of the molecule is O=C(CCc1ncc(-c2ccccc2)o1)NC1CCCCCCC1C(=O)O. The number of hydrogen-bond acceptors (Lipinski definition) is 4. The quantitative estimate of drug-likeness (QED) is 0.806. The van der Waals surface area contributed by atoms with E-state index in [1.807, 2.05) is 30.3 Å². The Balaban J connectivity index is 1.54. The maximum absolute atomic E-state index is 12.4. The Morgan fingerprint density at radius 2 is 1.85 bits per heavy atom. The number of carboxylic acid groups (broad SMARTS) is 1. The first-order valence-corrected chi connectivity index (χ1v) is 9.66. The first kappa shape index (κ1) is 19.1. The summed E-state index contributed by atoms with van der Waals surface area (Å²) < 4.78 is 5.72. The maximum atomic E-state index is 12.4. The van der Waals surface area contributed by atoms with Crippen LogP contribution in [0.25, 0.3) is 11.3 Å². The standard InChI is InChI=1S/C21H26N2O4/c24-19(23-17-11-7-2-1-6-10-16(17)21(25)26)12-13-20-22-14-18(27-20)15-8-4-3-5-9-15/h3-5,8-9,14,16-17H,1-2,6-7,10-13H2,(H,23,24)(H,25,26). The van der Waals surface area contributed by atoms with Gasteiger partial charge in [-0.2, -0.15) is 0 Å². The van der Waals surface area contributed by atoms with Crippen molar-refractivity contribution in [2.45, 2.75) is 57.4 Å². The maximum Gasteiger partial charge on any atom is 0.308 e. The average molecular weight is 370 g/mol. The molecule has 2 atom stereocenters. The van der Waals surface area contributed by atoms with Crippen LogP contribution in [0.1, 0.15) is 50.8 Å². The monoisotopic (exact) mass is 370 g/mol. The predicted molar refractivity (Wildman–Crippen MR) is 101 cm³/mol. The van der Waals surface area contributed by atoms with Crippen molar-refractivity contribution in [2.75, 3.05) is 0 Å². The van der Waals surface area contributed by atoms with Crippen LogP contribution in [0.3, 0.4) is 0 Å². The third-order valence-electron chi connectivity index (χ3n) is 5.11. The van der Waals surface area contributed by atoms with E-state index in [-0.39, 0.29) is 18.4 Å².